The molecule has 0 heterocycles. The number of esters is 1. The molecule has 0 aliphatic carbocycles. The predicted octanol–water partition coefficient (Wildman–Crippen LogP) is 2.39. The first-order chi connectivity index (χ1) is 6.79. The second-order valence-electron chi connectivity index (χ2n) is 3.16. The van der Waals surface area contributed by atoms with E-state index in [0.717, 1.165) is 19.3 Å². The summed E-state index contributed by atoms with van der Waals surface area (Å²) in [5.41, 5.74) is 1.33. The topological polar surface area (TPSA) is 26.3 Å². The average Bonchev–Trinajstić information content (AvgIpc) is 2.18. The van der Waals surface area contributed by atoms with Crippen molar-refractivity contribution in [1.29, 1.82) is 0 Å². The van der Waals surface area contributed by atoms with Gasteiger partial charge in [-0.25, -0.2) is 0 Å². The molecule has 0 amide bonds. The van der Waals surface area contributed by atoms with E-state index in [2.05, 4.69) is 19.1 Å². The highest BCUT2D eigenvalue weighted by atomic mass is 16.5. The second kappa shape index (κ2) is 6.19. The highest BCUT2D eigenvalue weighted by Crippen LogP contribution is 2.04. The van der Waals surface area contributed by atoms with Gasteiger partial charge in [-0.05, 0) is 24.8 Å². The molecule has 14 heavy (non-hydrogen) atoms. The van der Waals surface area contributed by atoms with Crippen LogP contribution in [0.5, 0.6) is 0 Å². The van der Waals surface area contributed by atoms with E-state index in [9.17, 15) is 4.79 Å². The summed E-state index contributed by atoms with van der Waals surface area (Å²) in [6, 6.07) is 10.3. The molecule has 0 aromatic heterocycles. The molecule has 0 spiro atoms. The van der Waals surface area contributed by atoms with Crippen LogP contribution in [-0.2, 0) is 16.0 Å². The maximum Gasteiger partial charge on any atom is 0.306 e. The largest absolute Gasteiger partial charge is 0.466 e. The van der Waals surface area contributed by atoms with E-state index in [0.29, 0.717) is 6.61 Å². The zero-order valence-electron chi connectivity index (χ0n) is 8.24. The van der Waals surface area contributed by atoms with Gasteiger partial charge in [-0.1, -0.05) is 30.3 Å². The standard InChI is InChI=1S/C12H15O2/c1-11(13)14-10-6-5-9-12-7-3-2-4-8-12/h2-4,7-8H,1,5-6,9-10H2. The molecule has 0 aliphatic heterocycles. The van der Waals surface area contributed by atoms with Crippen LogP contribution in [0.25, 0.3) is 0 Å². The Balaban J connectivity index is 2.08. The molecule has 0 saturated heterocycles. The van der Waals surface area contributed by atoms with Gasteiger partial charge in [0.15, 0.2) is 0 Å². The van der Waals surface area contributed by atoms with Crippen molar-refractivity contribution in [3.8, 4) is 0 Å². The fourth-order valence-electron chi connectivity index (χ4n) is 1.26. The molecule has 1 aromatic rings. The van der Waals surface area contributed by atoms with Gasteiger partial charge in [0.05, 0.1) is 13.5 Å². The highest BCUT2D eigenvalue weighted by Gasteiger charge is 1.94. The molecule has 2 heteroatoms. The van der Waals surface area contributed by atoms with Crippen LogP contribution in [0.15, 0.2) is 30.3 Å². The predicted molar refractivity (Wildman–Crippen MR) is 55.7 cm³/mol. The van der Waals surface area contributed by atoms with Crippen LogP contribution in [0.3, 0.4) is 0 Å². The first kappa shape index (κ1) is 10.8. The number of ether oxygens (including phenoxy) is 1. The lowest BCUT2D eigenvalue weighted by Crippen LogP contribution is -2.01. The maximum atomic E-state index is 10.3. The summed E-state index contributed by atoms with van der Waals surface area (Å²) in [6.45, 7) is 3.61. The van der Waals surface area contributed by atoms with Gasteiger partial charge in [0.25, 0.3) is 0 Å². The second-order valence-corrected chi connectivity index (χ2v) is 3.16. The molecule has 0 fully saturated rings. The smallest absolute Gasteiger partial charge is 0.306 e. The Kier molecular flexibility index (Phi) is 4.76. The number of hydrogen-bond donors (Lipinski definition) is 0. The summed E-state index contributed by atoms with van der Waals surface area (Å²) >= 11 is 0. The number of carbonyl (C=O) groups excluding carboxylic acids is 1. The monoisotopic (exact) mass is 191 g/mol. The van der Waals surface area contributed by atoms with Crippen molar-refractivity contribution in [2.45, 2.75) is 19.3 Å². The van der Waals surface area contributed by atoms with Crippen molar-refractivity contribution in [3.63, 3.8) is 0 Å². The number of aryl methyl sites for hydroxylation is 1. The number of benzene rings is 1. The molecule has 1 rings (SSSR count). The summed E-state index contributed by atoms with van der Waals surface area (Å²) in [7, 11) is 0. The van der Waals surface area contributed by atoms with E-state index in [1.807, 2.05) is 18.2 Å². The average molecular weight is 191 g/mol. The fraction of sp³-hybridized carbons (Fsp3) is 0.333. The molecule has 0 unspecified atom stereocenters. The first-order valence-electron chi connectivity index (χ1n) is 4.81. The van der Waals surface area contributed by atoms with Crippen molar-refractivity contribution in [2.75, 3.05) is 6.61 Å². The van der Waals surface area contributed by atoms with Crippen molar-refractivity contribution in [3.05, 3.63) is 42.8 Å². The normalized spacial score (nSPS) is 9.79. The lowest BCUT2D eigenvalue weighted by Gasteiger charge is -2.02. The Hall–Kier alpha value is -1.31. The zero-order valence-corrected chi connectivity index (χ0v) is 8.24. The molecule has 1 aromatic carbocycles. The number of carbonyl (C=O) groups is 1. The van der Waals surface area contributed by atoms with E-state index in [1.165, 1.54) is 5.56 Å². The van der Waals surface area contributed by atoms with Crippen LogP contribution in [-0.4, -0.2) is 12.6 Å². The third kappa shape index (κ3) is 4.65. The molecule has 0 N–H and O–H groups in total. The van der Waals surface area contributed by atoms with Gasteiger partial charge >= 0.3 is 5.97 Å². The Morgan fingerprint density at radius 1 is 1.21 bits per heavy atom. The molecular formula is C12H15O2. The molecule has 0 atom stereocenters. The van der Waals surface area contributed by atoms with Crippen LogP contribution in [0, 0.1) is 6.92 Å². The Morgan fingerprint density at radius 2 is 1.93 bits per heavy atom. The zero-order chi connectivity index (χ0) is 10.2. The van der Waals surface area contributed by atoms with E-state index >= 15 is 0 Å². The Morgan fingerprint density at radius 3 is 2.57 bits per heavy atom. The minimum atomic E-state index is -0.440. The van der Waals surface area contributed by atoms with Crippen LogP contribution in [0.1, 0.15) is 18.4 Å². The van der Waals surface area contributed by atoms with Crippen LogP contribution >= 0.6 is 0 Å². The minimum Gasteiger partial charge on any atom is -0.466 e. The van der Waals surface area contributed by atoms with E-state index in [4.69, 9.17) is 4.74 Å². The highest BCUT2D eigenvalue weighted by molar-refractivity contribution is 5.73. The van der Waals surface area contributed by atoms with Crippen LogP contribution in [0.2, 0.25) is 0 Å². The van der Waals surface area contributed by atoms with E-state index in [-0.39, 0.29) is 0 Å². The Labute approximate surface area is 84.9 Å². The van der Waals surface area contributed by atoms with Gasteiger partial charge in [-0.2, -0.15) is 0 Å². The summed E-state index contributed by atoms with van der Waals surface area (Å²) in [6.07, 6.45) is 2.98. The quantitative estimate of drug-likeness (QED) is 0.527. The van der Waals surface area contributed by atoms with Gasteiger partial charge in [0.2, 0.25) is 0 Å². The van der Waals surface area contributed by atoms with Gasteiger partial charge in [-0.3, -0.25) is 4.79 Å². The van der Waals surface area contributed by atoms with Gasteiger partial charge < -0.3 is 4.74 Å². The molecule has 75 valence electrons. The minimum absolute atomic E-state index is 0.440. The summed E-state index contributed by atoms with van der Waals surface area (Å²) < 4.78 is 4.73. The van der Waals surface area contributed by atoms with Gasteiger partial charge in [0.1, 0.15) is 0 Å². The fourth-order valence-corrected chi connectivity index (χ4v) is 1.26. The number of unbranched alkanes of at least 4 members (excludes halogenated alkanes) is 1. The van der Waals surface area contributed by atoms with Crippen molar-refractivity contribution >= 4 is 5.97 Å². The third-order valence-corrected chi connectivity index (χ3v) is 1.97. The molecular weight excluding hydrogens is 176 g/mol. The SMILES string of the molecule is [CH2]C(=O)OCCCCc1ccccc1. The third-order valence-electron chi connectivity index (χ3n) is 1.97. The van der Waals surface area contributed by atoms with E-state index < -0.39 is 5.97 Å². The molecule has 2 nitrogen and oxygen atoms in total. The van der Waals surface area contributed by atoms with Gasteiger partial charge in [-0.15, -0.1) is 0 Å². The van der Waals surface area contributed by atoms with Crippen LogP contribution < -0.4 is 0 Å². The van der Waals surface area contributed by atoms with Crippen molar-refractivity contribution in [2.24, 2.45) is 0 Å². The lowest BCUT2D eigenvalue weighted by atomic mass is 10.1. The molecule has 0 bridgehead atoms. The maximum absolute atomic E-state index is 10.3. The first-order valence-corrected chi connectivity index (χ1v) is 4.81. The van der Waals surface area contributed by atoms with Gasteiger partial charge in [0, 0.05) is 0 Å². The lowest BCUT2D eigenvalue weighted by molar-refractivity contribution is -0.138. The van der Waals surface area contributed by atoms with Crippen molar-refractivity contribution < 1.29 is 9.53 Å². The summed E-state index contributed by atoms with van der Waals surface area (Å²) in [4.78, 5) is 10.3. The molecule has 0 aliphatic rings. The summed E-state index contributed by atoms with van der Waals surface area (Å²) in [5, 5.41) is 0. The van der Waals surface area contributed by atoms with Crippen LogP contribution in [0.4, 0.5) is 0 Å². The number of rotatable bonds is 5. The molecule has 1 radical (unpaired) electrons. The number of hydrogen-bond acceptors (Lipinski definition) is 2. The van der Waals surface area contributed by atoms with Crippen molar-refractivity contribution in [1.82, 2.24) is 0 Å². The van der Waals surface area contributed by atoms with E-state index in [1.54, 1.807) is 0 Å². The Bertz CT molecular complexity index is 267. The molecule has 0 saturated carbocycles. The summed E-state index contributed by atoms with van der Waals surface area (Å²) in [5.74, 6) is -0.440.